The third kappa shape index (κ3) is 7.19. The Bertz CT molecular complexity index is 799. The van der Waals surface area contributed by atoms with Gasteiger partial charge < -0.3 is 29.6 Å². The zero-order valence-electron chi connectivity index (χ0n) is 17.6. The highest BCUT2D eigenvalue weighted by atomic mass is 127. The molecule has 0 fully saturated rings. The van der Waals surface area contributed by atoms with Crippen LogP contribution in [0.15, 0.2) is 41.4 Å². The van der Waals surface area contributed by atoms with Crippen LogP contribution in [0.2, 0.25) is 0 Å². The third-order valence-electron chi connectivity index (χ3n) is 3.94. The number of hydrogen-bond acceptors (Lipinski definition) is 5. The molecule has 0 atom stereocenters. The first-order chi connectivity index (χ1) is 13.6. The normalized spacial score (nSPS) is 10.6. The maximum atomic E-state index is 5.63. The van der Waals surface area contributed by atoms with E-state index in [1.165, 1.54) is 0 Å². The van der Waals surface area contributed by atoms with Crippen molar-refractivity contribution in [2.24, 2.45) is 4.99 Å². The van der Waals surface area contributed by atoms with Crippen molar-refractivity contribution in [1.29, 1.82) is 0 Å². The maximum Gasteiger partial charge on any atom is 0.195 e. The van der Waals surface area contributed by atoms with Gasteiger partial charge in [-0.05, 0) is 43.7 Å². The molecule has 8 heteroatoms. The molecule has 0 unspecified atom stereocenters. The molecule has 0 aliphatic rings. The summed E-state index contributed by atoms with van der Waals surface area (Å²) in [6, 6.07) is 11.5. The molecule has 0 saturated heterocycles. The largest absolute Gasteiger partial charge is 0.493 e. The van der Waals surface area contributed by atoms with Crippen molar-refractivity contribution in [2.75, 3.05) is 39.8 Å². The fourth-order valence-electron chi connectivity index (χ4n) is 2.62. The van der Waals surface area contributed by atoms with Gasteiger partial charge in [-0.3, -0.25) is 4.99 Å². The molecular formula is C21H30IN3O4. The molecule has 2 aromatic rings. The fraction of sp³-hybridized carbons (Fsp3) is 0.381. The lowest BCUT2D eigenvalue weighted by molar-refractivity contribution is 0.310. The number of aliphatic imine (C=N–C) groups is 1. The second-order valence-electron chi connectivity index (χ2n) is 5.77. The van der Waals surface area contributed by atoms with Gasteiger partial charge in [-0.25, -0.2) is 0 Å². The van der Waals surface area contributed by atoms with Crippen LogP contribution in [0.5, 0.6) is 23.0 Å². The standard InChI is InChI=1S/C21H29N3O4.HI/c1-6-27-19-12-15(8-10-17(19)25-4)14-23-21(22-3)24-16-9-11-18(26-5)20(13-16)28-7-2;/h8-13H,6-7,14H2,1-5H3,(H2,22,23,24);1H. The van der Waals surface area contributed by atoms with E-state index in [0.29, 0.717) is 37.2 Å². The van der Waals surface area contributed by atoms with Crippen LogP contribution in [0.4, 0.5) is 5.69 Å². The van der Waals surface area contributed by atoms with Gasteiger partial charge >= 0.3 is 0 Å². The molecule has 160 valence electrons. The minimum atomic E-state index is 0. The number of rotatable bonds is 9. The van der Waals surface area contributed by atoms with Crippen LogP contribution >= 0.6 is 24.0 Å². The van der Waals surface area contributed by atoms with Crippen molar-refractivity contribution in [3.63, 3.8) is 0 Å². The van der Waals surface area contributed by atoms with Gasteiger partial charge in [0.1, 0.15) is 0 Å². The quantitative estimate of drug-likeness (QED) is 0.295. The Morgan fingerprint density at radius 1 is 0.862 bits per heavy atom. The Balaban J connectivity index is 0.00000420. The first-order valence-electron chi connectivity index (χ1n) is 9.23. The molecule has 0 radical (unpaired) electrons. The topological polar surface area (TPSA) is 73.3 Å². The van der Waals surface area contributed by atoms with Gasteiger partial charge in [0.2, 0.25) is 0 Å². The van der Waals surface area contributed by atoms with Crippen LogP contribution in [0.1, 0.15) is 19.4 Å². The Kier molecular flexibility index (Phi) is 11.0. The fourth-order valence-corrected chi connectivity index (χ4v) is 2.62. The average molecular weight is 515 g/mol. The summed E-state index contributed by atoms with van der Waals surface area (Å²) < 4.78 is 21.9. The number of nitrogens with one attached hydrogen (secondary N) is 2. The summed E-state index contributed by atoms with van der Waals surface area (Å²) in [5.74, 6) is 3.46. The molecule has 0 spiro atoms. The smallest absolute Gasteiger partial charge is 0.195 e. The van der Waals surface area contributed by atoms with Crippen LogP contribution in [-0.4, -0.2) is 40.4 Å². The van der Waals surface area contributed by atoms with E-state index in [9.17, 15) is 0 Å². The van der Waals surface area contributed by atoms with Gasteiger partial charge in [0.25, 0.3) is 0 Å². The van der Waals surface area contributed by atoms with E-state index in [-0.39, 0.29) is 24.0 Å². The van der Waals surface area contributed by atoms with Crippen molar-refractivity contribution in [3.8, 4) is 23.0 Å². The van der Waals surface area contributed by atoms with Crippen molar-refractivity contribution < 1.29 is 18.9 Å². The van der Waals surface area contributed by atoms with Gasteiger partial charge in [0, 0.05) is 25.3 Å². The number of guanidine groups is 1. The summed E-state index contributed by atoms with van der Waals surface area (Å²) in [4.78, 5) is 4.28. The molecule has 0 saturated carbocycles. The maximum absolute atomic E-state index is 5.63. The SMILES string of the molecule is CCOc1cc(CNC(=NC)Nc2ccc(OC)c(OCC)c2)ccc1OC.I. The number of hydrogen-bond donors (Lipinski definition) is 2. The van der Waals surface area contributed by atoms with Gasteiger partial charge in [0.05, 0.1) is 27.4 Å². The van der Waals surface area contributed by atoms with E-state index < -0.39 is 0 Å². The van der Waals surface area contributed by atoms with Crippen LogP contribution in [-0.2, 0) is 6.54 Å². The van der Waals surface area contributed by atoms with Gasteiger partial charge in [-0.2, -0.15) is 0 Å². The van der Waals surface area contributed by atoms with Gasteiger partial charge in [-0.15, -0.1) is 24.0 Å². The molecule has 0 aliphatic carbocycles. The lowest BCUT2D eigenvalue weighted by Gasteiger charge is -2.15. The highest BCUT2D eigenvalue weighted by molar-refractivity contribution is 14.0. The molecular weight excluding hydrogens is 485 g/mol. The molecule has 7 nitrogen and oxygen atoms in total. The third-order valence-corrected chi connectivity index (χ3v) is 3.94. The summed E-state index contributed by atoms with van der Waals surface area (Å²) in [6.45, 7) is 5.60. The zero-order valence-corrected chi connectivity index (χ0v) is 19.9. The lowest BCUT2D eigenvalue weighted by atomic mass is 10.2. The predicted molar refractivity (Wildman–Crippen MR) is 128 cm³/mol. The molecule has 0 aliphatic heterocycles. The van der Waals surface area contributed by atoms with E-state index >= 15 is 0 Å². The second-order valence-corrected chi connectivity index (χ2v) is 5.77. The van der Waals surface area contributed by atoms with Crippen LogP contribution in [0, 0.1) is 0 Å². The average Bonchev–Trinajstić information content (AvgIpc) is 2.72. The van der Waals surface area contributed by atoms with E-state index in [0.717, 1.165) is 22.7 Å². The van der Waals surface area contributed by atoms with E-state index in [1.807, 2.05) is 50.2 Å². The van der Waals surface area contributed by atoms with Crippen LogP contribution < -0.4 is 29.6 Å². The zero-order chi connectivity index (χ0) is 20.4. The van der Waals surface area contributed by atoms with Gasteiger partial charge in [-0.1, -0.05) is 6.07 Å². The Hall–Kier alpha value is -2.36. The van der Waals surface area contributed by atoms with Crippen LogP contribution in [0.3, 0.4) is 0 Å². The van der Waals surface area contributed by atoms with Crippen molar-refractivity contribution in [1.82, 2.24) is 5.32 Å². The highest BCUT2D eigenvalue weighted by Crippen LogP contribution is 2.30. The molecule has 2 rings (SSSR count). The molecule has 0 heterocycles. The highest BCUT2D eigenvalue weighted by Gasteiger charge is 2.08. The van der Waals surface area contributed by atoms with Crippen molar-refractivity contribution >= 4 is 35.6 Å². The summed E-state index contributed by atoms with van der Waals surface area (Å²) in [5, 5.41) is 6.55. The first kappa shape index (κ1) is 24.7. The second kappa shape index (κ2) is 13.0. The summed E-state index contributed by atoms with van der Waals surface area (Å²) in [6.07, 6.45) is 0. The summed E-state index contributed by atoms with van der Waals surface area (Å²) in [7, 11) is 4.98. The molecule has 2 aromatic carbocycles. The minimum absolute atomic E-state index is 0. The van der Waals surface area contributed by atoms with Crippen LogP contribution in [0.25, 0.3) is 0 Å². The number of halogens is 1. The van der Waals surface area contributed by atoms with E-state index in [4.69, 9.17) is 18.9 Å². The number of ether oxygens (including phenoxy) is 4. The lowest BCUT2D eigenvalue weighted by Crippen LogP contribution is -2.30. The predicted octanol–water partition coefficient (Wildman–Crippen LogP) is 4.31. The van der Waals surface area contributed by atoms with E-state index in [2.05, 4.69) is 15.6 Å². The minimum Gasteiger partial charge on any atom is -0.493 e. The summed E-state index contributed by atoms with van der Waals surface area (Å²) in [5.41, 5.74) is 1.90. The molecule has 2 N–H and O–H groups in total. The summed E-state index contributed by atoms with van der Waals surface area (Å²) >= 11 is 0. The Morgan fingerprint density at radius 2 is 1.45 bits per heavy atom. The van der Waals surface area contributed by atoms with Crippen molar-refractivity contribution in [3.05, 3.63) is 42.0 Å². The number of anilines is 1. The molecule has 0 amide bonds. The van der Waals surface area contributed by atoms with E-state index in [1.54, 1.807) is 21.3 Å². The molecule has 29 heavy (non-hydrogen) atoms. The van der Waals surface area contributed by atoms with Gasteiger partial charge in [0.15, 0.2) is 29.0 Å². The monoisotopic (exact) mass is 515 g/mol. The molecule has 0 aromatic heterocycles. The number of nitrogens with zero attached hydrogens (tertiary/aromatic N) is 1. The first-order valence-corrected chi connectivity index (χ1v) is 9.23. The van der Waals surface area contributed by atoms with Crippen molar-refractivity contribution in [2.45, 2.75) is 20.4 Å². The molecule has 0 bridgehead atoms. The Labute approximate surface area is 189 Å². The number of benzene rings is 2. The number of methoxy groups -OCH3 is 2. The Morgan fingerprint density at radius 3 is 2.00 bits per heavy atom.